The molecule has 0 amide bonds. The molecule has 2 rings (SSSR count). The number of aliphatic hydroxyl groups is 2. The zero-order valence-corrected chi connectivity index (χ0v) is 12.5. The van der Waals surface area contributed by atoms with Gasteiger partial charge in [-0.3, -0.25) is 4.57 Å². The predicted octanol–water partition coefficient (Wildman–Crippen LogP) is 0.0491. The number of nitrogens with zero attached hydrogens (tertiary/aromatic N) is 2. The van der Waals surface area contributed by atoms with Crippen molar-refractivity contribution >= 4 is 39.4 Å². The Morgan fingerprint density at radius 3 is 2.90 bits per heavy atom. The standard InChI is InChI=1S/C11H13BrClN3O4/c12-7-6(4-17)20-10(8(7)18)16-3-5(1-2-13)9(14)15-11(16)19/h1-3,6-8,10,17-18H,4H2,(H2,14,15,19)/t6-,7+,8-,10-/m1/s1. The molecule has 4 N–H and O–H groups in total. The summed E-state index contributed by atoms with van der Waals surface area (Å²) in [6.45, 7) is -0.283. The van der Waals surface area contributed by atoms with E-state index in [0.717, 1.165) is 4.57 Å². The summed E-state index contributed by atoms with van der Waals surface area (Å²) in [4.78, 5) is 15.0. The third-order valence-electron chi connectivity index (χ3n) is 3.00. The van der Waals surface area contributed by atoms with E-state index in [-0.39, 0.29) is 12.4 Å². The van der Waals surface area contributed by atoms with E-state index >= 15 is 0 Å². The number of ether oxygens (including phenoxy) is 1. The molecular weight excluding hydrogens is 353 g/mol. The minimum Gasteiger partial charge on any atom is -0.394 e. The highest BCUT2D eigenvalue weighted by Gasteiger charge is 2.43. The number of anilines is 1. The van der Waals surface area contributed by atoms with Gasteiger partial charge in [-0.05, 0) is 6.08 Å². The third kappa shape index (κ3) is 2.75. The molecule has 20 heavy (non-hydrogen) atoms. The highest BCUT2D eigenvalue weighted by molar-refractivity contribution is 9.09. The van der Waals surface area contributed by atoms with Crippen molar-refractivity contribution in [3.8, 4) is 0 Å². The van der Waals surface area contributed by atoms with Gasteiger partial charge >= 0.3 is 5.69 Å². The molecule has 2 heterocycles. The van der Waals surface area contributed by atoms with Gasteiger partial charge in [0.25, 0.3) is 0 Å². The fourth-order valence-corrected chi connectivity index (χ4v) is 2.65. The third-order valence-corrected chi connectivity index (χ3v) is 4.25. The molecule has 9 heteroatoms. The van der Waals surface area contributed by atoms with Crippen LogP contribution >= 0.6 is 27.5 Å². The van der Waals surface area contributed by atoms with Crippen LogP contribution in [0.5, 0.6) is 0 Å². The summed E-state index contributed by atoms with van der Waals surface area (Å²) >= 11 is 8.71. The van der Waals surface area contributed by atoms with Crippen molar-refractivity contribution in [3.63, 3.8) is 0 Å². The van der Waals surface area contributed by atoms with E-state index in [1.54, 1.807) is 0 Å². The van der Waals surface area contributed by atoms with Gasteiger partial charge in [0.2, 0.25) is 0 Å². The number of halogens is 2. The number of hydrogen-bond acceptors (Lipinski definition) is 6. The van der Waals surface area contributed by atoms with E-state index in [0.29, 0.717) is 5.56 Å². The average molecular weight is 367 g/mol. The van der Waals surface area contributed by atoms with Gasteiger partial charge in [-0.2, -0.15) is 4.98 Å². The lowest BCUT2D eigenvalue weighted by Gasteiger charge is -2.18. The van der Waals surface area contributed by atoms with Gasteiger partial charge in [0, 0.05) is 17.3 Å². The summed E-state index contributed by atoms with van der Waals surface area (Å²) in [6.07, 6.45) is 0.280. The summed E-state index contributed by atoms with van der Waals surface area (Å²) in [5.41, 5.74) is 6.61. The van der Waals surface area contributed by atoms with Crippen LogP contribution in [-0.2, 0) is 4.74 Å². The zero-order chi connectivity index (χ0) is 14.9. The first-order valence-corrected chi connectivity index (χ1v) is 7.08. The Morgan fingerprint density at radius 2 is 2.35 bits per heavy atom. The van der Waals surface area contributed by atoms with E-state index in [2.05, 4.69) is 20.9 Å². The fraction of sp³-hybridized carbons (Fsp3) is 0.455. The van der Waals surface area contributed by atoms with Crippen LogP contribution in [0.15, 0.2) is 16.5 Å². The Balaban J connectivity index is 2.43. The fourth-order valence-electron chi connectivity index (χ4n) is 1.96. The molecule has 0 unspecified atom stereocenters. The lowest BCUT2D eigenvalue weighted by atomic mass is 10.2. The van der Waals surface area contributed by atoms with E-state index in [1.165, 1.54) is 17.8 Å². The molecule has 1 aliphatic heterocycles. The summed E-state index contributed by atoms with van der Waals surface area (Å²) in [5, 5.41) is 19.2. The quantitative estimate of drug-likeness (QED) is 0.652. The molecule has 0 radical (unpaired) electrons. The molecule has 1 fully saturated rings. The molecule has 0 aliphatic carbocycles. The number of nitrogen functional groups attached to an aromatic ring is 1. The number of alkyl halides is 1. The first-order chi connectivity index (χ1) is 9.49. The Labute approximate surface area is 127 Å². The van der Waals surface area contributed by atoms with Crippen LogP contribution < -0.4 is 11.4 Å². The normalized spacial score (nSPS) is 30.2. The molecule has 0 saturated carbocycles. The highest BCUT2D eigenvalue weighted by atomic mass is 79.9. The van der Waals surface area contributed by atoms with Gasteiger partial charge in [-0.15, -0.1) is 0 Å². The number of aliphatic hydroxyl groups excluding tert-OH is 2. The minimum atomic E-state index is -1.01. The Morgan fingerprint density at radius 1 is 1.65 bits per heavy atom. The van der Waals surface area contributed by atoms with Crippen LogP contribution in [-0.4, -0.2) is 43.4 Å². The Bertz CT molecular complexity index is 579. The maximum Gasteiger partial charge on any atom is 0.351 e. The maximum atomic E-state index is 11.9. The lowest BCUT2D eigenvalue weighted by Crippen LogP contribution is -2.34. The minimum absolute atomic E-state index is 0.0322. The zero-order valence-electron chi connectivity index (χ0n) is 10.2. The Kier molecular flexibility index (Phi) is 4.82. The molecular formula is C11H13BrClN3O4. The van der Waals surface area contributed by atoms with Crippen LogP contribution in [0.3, 0.4) is 0 Å². The second-order valence-electron chi connectivity index (χ2n) is 4.25. The van der Waals surface area contributed by atoms with Gasteiger partial charge in [-0.1, -0.05) is 27.5 Å². The summed E-state index contributed by atoms with van der Waals surface area (Å²) in [7, 11) is 0. The van der Waals surface area contributed by atoms with Crippen LogP contribution in [0, 0.1) is 0 Å². The molecule has 110 valence electrons. The molecule has 1 saturated heterocycles. The topological polar surface area (TPSA) is 111 Å². The SMILES string of the molecule is Nc1nc(=O)n([C@@H]2O[C@H](CO)[C@H](Br)[C@H]2O)cc1C=CCl. The van der Waals surface area contributed by atoms with Crippen molar-refractivity contribution in [3.05, 3.63) is 27.8 Å². The van der Waals surface area contributed by atoms with Crippen LogP contribution in [0.4, 0.5) is 5.82 Å². The van der Waals surface area contributed by atoms with Crippen molar-refractivity contribution in [1.82, 2.24) is 9.55 Å². The smallest absolute Gasteiger partial charge is 0.351 e. The number of rotatable bonds is 3. The van der Waals surface area contributed by atoms with Gasteiger partial charge in [0.1, 0.15) is 11.9 Å². The molecule has 1 aliphatic rings. The molecule has 0 spiro atoms. The Hall–Kier alpha value is -0.930. The van der Waals surface area contributed by atoms with E-state index < -0.39 is 29.0 Å². The van der Waals surface area contributed by atoms with Crippen LogP contribution in [0.1, 0.15) is 11.8 Å². The maximum absolute atomic E-state index is 11.9. The van der Waals surface area contributed by atoms with E-state index in [9.17, 15) is 9.90 Å². The van der Waals surface area contributed by atoms with Crippen molar-refractivity contribution in [2.24, 2.45) is 0 Å². The van der Waals surface area contributed by atoms with E-state index in [1.807, 2.05) is 0 Å². The highest BCUT2D eigenvalue weighted by Crippen LogP contribution is 2.33. The number of hydrogen-bond donors (Lipinski definition) is 3. The van der Waals surface area contributed by atoms with Crippen LogP contribution in [0.25, 0.3) is 6.08 Å². The van der Waals surface area contributed by atoms with Crippen molar-refractivity contribution in [1.29, 1.82) is 0 Å². The largest absolute Gasteiger partial charge is 0.394 e. The van der Waals surface area contributed by atoms with Gasteiger partial charge in [0.05, 0.1) is 17.5 Å². The summed E-state index contributed by atoms with van der Waals surface area (Å²) in [5.74, 6) is 0.0322. The summed E-state index contributed by atoms with van der Waals surface area (Å²) < 4.78 is 6.58. The van der Waals surface area contributed by atoms with Crippen LogP contribution in [0.2, 0.25) is 0 Å². The van der Waals surface area contributed by atoms with Crippen molar-refractivity contribution in [2.45, 2.75) is 23.3 Å². The van der Waals surface area contributed by atoms with Crippen molar-refractivity contribution in [2.75, 3.05) is 12.3 Å². The summed E-state index contributed by atoms with van der Waals surface area (Å²) in [6, 6.07) is 0. The first kappa shape index (κ1) is 15.5. The first-order valence-electron chi connectivity index (χ1n) is 5.73. The number of nitrogens with two attached hydrogens (primary N) is 1. The monoisotopic (exact) mass is 365 g/mol. The number of aromatic nitrogens is 2. The molecule has 1 aromatic heterocycles. The van der Waals surface area contributed by atoms with E-state index in [4.69, 9.17) is 27.2 Å². The molecule has 1 aromatic rings. The molecule has 0 aromatic carbocycles. The lowest BCUT2D eigenvalue weighted by molar-refractivity contribution is -0.0529. The van der Waals surface area contributed by atoms with Crippen molar-refractivity contribution < 1.29 is 14.9 Å². The average Bonchev–Trinajstić information content (AvgIpc) is 2.70. The van der Waals surface area contributed by atoms with Gasteiger partial charge in [-0.25, -0.2) is 4.79 Å². The molecule has 7 nitrogen and oxygen atoms in total. The van der Waals surface area contributed by atoms with Gasteiger partial charge in [0.15, 0.2) is 6.23 Å². The second kappa shape index (κ2) is 6.23. The molecule has 0 bridgehead atoms. The van der Waals surface area contributed by atoms with Gasteiger partial charge < -0.3 is 20.7 Å². The predicted molar refractivity (Wildman–Crippen MR) is 77.5 cm³/mol. The molecule has 4 atom stereocenters. The second-order valence-corrected chi connectivity index (χ2v) is 5.56.